The fourth-order valence-electron chi connectivity index (χ4n) is 1.41. The molecular weight excluding hydrogens is 284 g/mol. The Hall–Kier alpha value is -2.15. The molecule has 4 nitrogen and oxygen atoms in total. The summed E-state index contributed by atoms with van der Waals surface area (Å²) in [6, 6.07) is 6.70. The fourth-order valence-corrected chi connectivity index (χ4v) is 2.05. The van der Waals surface area contributed by atoms with Gasteiger partial charge >= 0.3 is 0 Å². The van der Waals surface area contributed by atoms with Gasteiger partial charge in [0.25, 0.3) is 0 Å². The maximum absolute atomic E-state index is 13.3. The number of nitrogens with two attached hydrogens (primary N) is 1. The molecule has 0 radical (unpaired) electrons. The van der Waals surface area contributed by atoms with Crippen molar-refractivity contribution in [2.75, 3.05) is 16.8 Å². The molecule has 0 atom stereocenters. The Bertz CT molecular complexity index is 599. The van der Waals surface area contributed by atoms with Crippen molar-refractivity contribution in [1.82, 2.24) is 4.98 Å². The van der Waals surface area contributed by atoms with Gasteiger partial charge in [-0.15, -0.1) is 0 Å². The van der Waals surface area contributed by atoms with E-state index in [2.05, 4.69) is 10.3 Å². The number of carbonyl (C=O) groups is 1. The molecule has 0 aliphatic rings. The number of hydrogen-bond donors (Lipinski definition) is 2. The first-order valence-electron chi connectivity index (χ1n) is 5.64. The van der Waals surface area contributed by atoms with Crippen molar-refractivity contribution < 1.29 is 13.6 Å². The van der Waals surface area contributed by atoms with E-state index in [9.17, 15) is 13.6 Å². The summed E-state index contributed by atoms with van der Waals surface area (Å²) in [5, 5.41) is 2.80. The predicted molar refractivity (Wildman–Crippen MR) is 74.4 cm³/mol. The zero-order valence-corrected chi connectivity index (χ0v) is 11.1. The van der Waals surface area contributed by atoms with Crippen LogP contribution in [0.25, 0.3) is 0 Å². The number of hydrogen-bond acceptors (Lipinski definition) is 4. The van der Waals surface area contributed by atoms with Crippen LogP contribution in [0.4, 0.5) is 20.2 Å². The van der Waals surface area contributed by atoms with E-state index in [0.29, 0.717) is 10.7 Å². The number of nitrogen functional groups attached to an aromatic ring is 1. The van der Waals surface area contributed by atoms with Crippen LogP contribution in [-0.2, 0) is 4.79 Å². The van der Waals surface area contributed by atoms with Crippen molar-refractivity contribution in [3.63, 3.8) is 0 Å². The molecule has 0 saturated carbocycles. The van der Waals surface area contributed by atoms with Crippen molar-refractivity contribution in [1.29, 1.82) is 0 Å². The molecule has 0 aliphatic heterocycles. The summed E-state index contributed by atoms with van der Waals surface area (Å²) >= 11 is 1.14. The number of para-hydroxylation sites is 1. The minimum absolute atomic E-state index is 0.00923. The highest BCUT2D eigenvalue weighted by atomic mass is 32.2. The van der Waals surface area contributed by atoms with Gasteiger partial charge < -0.3 is 11.1 Å². The minimum Gasteiger partial charge on any atom is -0.397 e. The summed E-state index contributed by atoms with van der Waals surface area (Å²) in [5.41, 5.74) is 5.56. The first-order valence-corrected chi connectivity index (χ1v) is 6.63. The number of aromatic nitrogens is 1. The molecule has 0 spiro atoms. The summed E-state index contributed by atoms with van der Waals surface area (Å²) in [6.45, 7) is 0. The number of anilines is 2. The smallest absolute Gasteiger partial charge is 0.234 e. The van der Waals surface area contributed by atoms with Crippen LogP contribution in [0, 0.1) is 11.6 Å². The van der Waals surface area contributed by atoms with Crippen molar-refractivity contribution in [3.05, 3.63) is 48.2 Å². The molecule has 0 bridgehead atoms. The lowest BCUT2D eigenvalue weighted by Gasteiger charge is -2.07. The molecule has 0 aliphatic carbocycles. The highest BCUT2D eigenvalue weighted by Gasteiger charge is 2.12. The maximum atomic E-state index is 13.3. The number of benzene rings is 1. The Balaban J connectivity index is 1.94. The van der Waals surface area contributed by atoms with E-state index in [1.165, 1.54) is 12.3 Å². The SMILES string of the molecule is Nc1ccc(SCC(=O)Nc2c(F)cccc2F)nc1. The Morgan fingerprint density at radius 1 is 1.25 bits per heavy atom. The molecular formula is C13H11F2N3OS. The average molecular weight is 295 g/mol. The predicted octanol–water partition coefficient (Wildman–Crippen LogP) is 2.67. The summed E-state index contributed by atoms with van der Waals surface area (Å²) in [5.74, 6) is -2.15. The van der Waals surface area contributed by atoms with Gasteiger partial charge in [-0.05, 0) is 24.3 Å². The average Bonchev–Trinajstić information content (AvgIpc) is 2.42. The van der Waals surface area contributed by atoms with E-state index >= 15 is 0 Å². The number of nitrogens with zero attached hydrogens (tertiary/aromatic N) is 1. The van der Waals surface area contributed by atoms with Crippen molar-refractivity contribution in [2.24, 2.45) is 0 Å². The topological polar surface area (TPSA) is 68.0 Å². The number of thioether (sulfide) groups is 1. The lowest BCUT2D eigenvalue weighted by Crippen LogP contribution is -2.16. The number of carbonyl (C=O) groups excluding carboxylic acids is 1. The van der Waals surface area contributed by atoms with Gasteiger partial charge in [0, 0.05) is 0 Å². The minimum atomic E-state index is -0.811. The van der Waals surface area contributed by atoms with Gasteiger partial charge in [-0.1, -0.05) is 17.8 Å². The van der Waals surface area contributed by atoms with Crippen LogP contribution < -0.4 is 11.1 Å². The van der Waals surface area contributed by atoms with Crippen LogP contribution in [0.15, 0.2) is 41.6 Å². The summed E-state index contributed by atoms with van der Waals surface area (Å²) < 4.78 is 26.7. The van der Waals surface area contributed by atoms with Crippen LogP contribution in [0.3, 0.4) is 0 Å². The van der Waals surface area contributed by atoms with Crippen molar-refractivity contribution >= 4 is 29.0 Å². The van der Waals surface area contributed by atoms with Crippen LogP contribution in [0.5, 0.6) is 0 Å². The van der Waals surface area contributed by atoms with E-state index in [4.69, 9.17) is 5.73 Å². The van der Waals surface area contributed by atoms with E-state index in [-0.39, 0.29) is 5.75 Å². The third kappa shape index (κ3) is 3.67. The van der Waals surface area contributed by atoms with Gasteiger partial charge in [-0.2, -0.15) is 0 Å². The number of amides is 1. The summed E-state index contributed by atoms with van der Waals surface area (Å²) in [4.78, 5) is 15.6. The number of pyridine rings is 1. The Labute approximate surface area is 118 Å². The molecule has 104 valence electrons. The number of rotatable bonds is 4. The summed E-state index contributed by atoms with van der Waals surface area (Å²) in [7, 11) is 0. The molecule has 20 heavy (non-hydrogen) atoms. The third-order valence-corrected chi connectivity index (χ3v) is 3.28. The molecule has 0 unspecified atom stereocenters. The second-order valence-corrected chi connectivity index (χ2v) is 4.86. The molecule has 1 aromatic carbocycles. The monoisotopic (exact) mass is 295 g/mol. The van der Waals surface area contributed by atoms with Crippen LogP contribution in [0.1, 0.15) is 0 Å². The molecule has 0 fully saturated rings. The standard InChI is InChI=1S/C13H11F2N3OS/c14-9-2-1-3-10(15)13(9)18-11(19)7-20-12-5-4-8(16)6-17-12/h1-6H,7,16H2,(H,18,19). The Morgan fingerprint density at radius 2 is 1.95 bits per heavy atom. The Morgan fingerprint density at radius 3 is 2.55 bits per heavy atom. The van der Waals surface area contributed by atoms with Gasteiger partial charge in [-0.25, -0.2) is 13.8 Å². The van der Waals surface area contributed by atoms with E-state index in [1.54, 1.807) is 12.1 Å². The van der Waals surface area contributed by atoms with Crippen molar-refractivity contribution in [2.45, 2.75) is 5.03 Å². The first-order chi connectivity index (χ1) is 9.56. The lowest BCUT2D eigenvalue weighted by molar-refractivity contribution is -0.113. The molecule has 3 N–H and O–H groups in total. The largest absolute Gasteiger partial charge is 0.397 e. The van der Waals surface area contributed by atoms with E-state index in [1.807, 2.05) is 0 Å². The second kappa shape index (κ2) is 6.33. The van der Waals surface area contributed by atoms with Crippen molar-refractivity contribution in [3.8, 4) is 0 Å². The second-order valence-electron chi connectivity index (χ2n) is 3.86. The molecule has 7 heteroatoms. The van der Waals surface area contributed by atoms with Gasteiger partial charge in [-0.3, -0.25) is 4.79 Å². The van der Waals surface area contributed by atoms with E-state index < -0.39 is 23.2 Å². The fraction of sp³-hybridized carbons (Fsp3) is 0.0769. The van der Waals surface area contributed by atoms with Crippen LogP contribution >= 0.6 is 11.8 Å². The molecule has 1 heterocycles. The molecule has 2 aromatic rings. The molecule has 1 aromatic heterocycles. The molecule has 2 rings (SSSR count). The number of nitrogens with one attached hydrogen (secondary N) is 1. The van der Waals surface area contributed by atoms with E-state index in [0.717, 1.165) is 23.9 Å². The van der Waals surface area contributed by atoms with Gasteiger partial charge in [0.2, 0.25) is 5.91 Å². The van der Waals surface area contributed by atoms with Gasteiger partial charge in [0.15, 0.2) is 0 Å². The zero-order valence-electron chi connectivity index (χ0n) is 10.3. The zero-order chi connectivity index (χ0) is 14.5. The maximum Gasteiger partial charge on any atom is 0.234 e. The lowest BCUT2D eigenvalue weighted by atomic mass is 10.3. The summed E-state index contributed by atoms with van der Waals surface area (Å²) in [6.07, 6.45) is 1.47. The van der Waals surface area contributed by atoms with Gasteiger partial charge in [0.1, 0.15) is 17.3 Å². The Kier molecular flexibility index (Phi) is 4.52. The van der Waals surface area contributed by atoms with Crippen LogP contribution in [0.2, 0.25) is 0 Å². The number of halogens is 2. The molecule has 0 saturated heterocycles. The third-order valence-electron chi connectivity index (χ3n) is 2.34. The van der Waals surface area contributed by atoms with Gasteiger partial charge in [0.05, 0.1) is 22.7 Å². The molecule has 1 amide bonds. The normalized spacial score (nSPS) is 10.3. The highest BCUT2D eigenvalue weighted by Crippen LogP contribution is 2.20. The van der Waals surface area contributed by atoms with Crippen LogP contribution in [-0.4, -0.2) is 16.6 Å². The highest BCUT2D eigenvalue weighted by molar-refractivity contribution is 7.99. The first kappa shape index (κ1) is 14.3. The quantitative estimate of drug-likeness (QED) is 0.851.